The van der Waals surface area contributed by atoms with Crippen molar-refractivity contribution in [1.82, 2.24) is 5.32 Å². The zero-order valence-corrected chi connectivity index (χ0v) is 11.7. The van der Waals surface area contributed by atoms with Crippen LogP contribution in [0.25, 0.3) is 0 Å². The van der Waals surface area contributed by atoms with Crippen molar-refractivity contribution in [3.63, 3.8) is 0 Å². The summed E-state index contributed by atoms with van der Waals surface area (Å²) in [5.41, 5.74) is 0.154. The number of hydrogen-bond acceptors (Lipinski definition) is 3. The van der Waals surface area contributed by atoms with Gasteiger partial charge in [0, 0.05) is 0 Å². The van der Waals surface area contributed by atoms with E-state index in [2.05, 4.69) is 11.4 Å². The molecule has 0 bridgehead atoms. The molecule has 0 spiro atoms. The second-order valence-electron chi connectivity index (χ2n) is 4.47. The topological polar surface area (TPSA) is 62.1 Å². The first-order chi connectivity index (χ1) is 9.09. The highest BCUT2D eigenvalue weighted by molar-refractivity contribution is 5.79. The van der Waals surface area contributed by atoms with Gasteiger partial charge in [-0.1, -0.05) is 26.0 Å². The molecule has 19 heavy (non-hydrogen) atoms. The molecule has 0 aliphatic rings. The molecule has 1 N–H and O–H groups in total. The largest absolute Gasteiger partial charge is 0.497 e. The van der Waals surface area contributed by atoms with Crippen LogP contribution in [-0.4, -0.2) is 18.6 Å². The summed E-state index contributed by atoms with van der Waals surface area (Å²) in [7, 11) is 1.60. The third-order valence-corrected chi connectivity index (χ3v) is 3.32. The molecule has 0 atom stereocenters. The lowest BCUT2D eigenvalue weighted by Crippen LogP contribution is -2.47. The standard InChI is InChI=1S/C15H20N2O2/c1-4-15(5-2,11-16)17-14(18)10-12-6-8-13(19-3)9-7-12/h6-9H,4-5,10H2,1-3H3,(H,17,18). The third kappa shape index (κ3) is 3.99. The Bertz CT molecular complexity index is 456. The number of rotatable bonds is 6. The summed E-state index contributed by atoms with van der Waals surface area (Å²) in [5, 5.41) is 12.0. The van der Waals surface area contributed by atoms with Crippen LogP contribution in [0.2, 0.25) is 0 Å². The molecule has 0 saturated carbocycles. The summed E-state index contributed by atoms with van der Waals surface area (Å²) in [4.78, 5) is 12.0. The second-order valence-corrected chi connectivity index (χ2v) is 4.47. The summed E-state index contributed by atoms with van der Waals surface area (Å²) in [6, 6.07) is 9.54. The summed E-state index contributed by atoms with van der Waals surface area (Å²) in [6.07, 6.45) is 1.48. The van der Waals surface area contributed by atoms with Crippen molar-refractivity contribution in [1.29, 1.82) is 5.26 Å². The van der Waals surface area contributed by atoms with E-state index in [4.69, 9.17) is 4.74 Å². The molecule has 0 aliphatic heterocycles. The lowest BCUT2D eigenvalue weighted by atomic mass is 9.94. The van der Waals surface area contributed by atoms with Gasteiger partial charge in [0.25, 0.3) is 0 Å². The molecule has 102 valence electrons. The highest BCUT2D eigenvalue weighted by Crippen LogP contribution is 2.15. The zero-order valence-electron chi connectivity index (χ0n) is 11.7. The van der Waals surface area contributed by atoms with Crippen molar-refractivity contribution in [2.45, 2.75) is 38.6 Å². The monoisotopic (exact) mass is 260 g/mol. The van der Waals surface area contributed by atoms with Crippen molar-refractivity contribution < 1.29 is 9.53 Å². The van der Waals surface area contributed by atoms with Gasteiger partial charge in [0.05, 0.1) is 19.6 Å². The van der Waals surface area contributed by atoms with Gasteiger partial charge in [-0.3, -0.25) is 4.79 Å². The van der Waals surface area contributed by atoms with Gasteiger partial charge in [-0.15, -0.1) is 0 Å². The third-order valence-electron chi connectivity index (χ3n) is 3.32. The van der Waals surface area contributed by atoms with Gasteiger partial charge >= 0.3 is 0 Å². The Hall–Kier alpha value is -2.02. The van der Waals surface area contributed by atoms with E-state index in [1.807, 2.05) is 38.1 Å². The molecule has 4 heteroatoms. The highest BCUT2D eigenvalue weighted by atomic mass is 16.5. The van der Waals surface area contributed by atoms with Gasteiger partial charge in [0.1, 0.15) is 11.3 Å². The van der Waals surface area contributed by atoms with Gasteiger partial charge < -0.3 is 10.1 Å². The Morgan fingerprint density at radius 1 is 1.32 bits per heavy atom. The number of carbonyl (C=O) groups excluding carboxylic acids is 1. The summed E-state index contributed by atoms with van der Waals surface area (Å²) < 4.78 is 5.06. The predicted octanol–water partition coefficient (Wildman–Crippen LogP) is 2.44. The molecule has 0 radical (unpaired) electrons. The molecule has 0 aromatic heterocycles. The Balaban J connectivity index is 2.66. The average Bonchev–Trinajstić information content (AvgIpc) is 2.46. The number of benzene rings is 1. The first-order valence-corrected chi connectivity index (χ1v) is 6.44. The maximum atomic E-state index is 12.0. The van der Waals surface area contributed by atoms with Crippen LogP contribution in [0.4, 0.5) is 0 Å². The zero-order chi connectivity index (χ0) is 14.3. The van der Waals surface area contributed by atoms with E-state index in [0.717, 1.165) is 11.3 Å². The normalized spacial score (nSPS) is 10.6. The number of amides is 1. The average molecular weight is 260 g/mol. The van der Waals surface area contributed by atoms with Crippen LogP contribution in [0.1, 0.15) is 32.3 Å². The number of nitrogens with zero attached hydrogens (tertiary/aromatic N) is 1. The number of nitrogens with one attached hydrogen (secondary N) is 1. The minimum atomic E-state index is -0.746. The first-order valence-electron chi connectivity index (χ1n) is 6.44. The number of hydrogen-bond donors (Lipinski definition) is 1. The molecule has 0 heterocycles. The van der Waals surface area contributed by atoms with Gasteiger partial charge in [-0.2, -0.15) is 5.26 Å². The van der Waals surface area contributed by atoms with E-state index < -0.39 is 5.54 Å². The van der Waals surface area contributed by atoms with Crippen LogP contribution < -0.4 is 10.1 Å². The minimum Gasteiger partial charge on any atom is -0.497 e. The Labute approximate surface area is 114 Å². The maximum absolute atomic E-state index is 12.0. The molecule has 0 unspecified atom stereocenters. The van der Waals surface area contributed by atoms with Crippen LogP contribution in [0, 0.1) is 11.3 Å². The second kappa shape index (κ2) is 6.79. The van der Waals surface area contributed by atoms with Crippen molar-refractivity contribution in [2.75, 3.05) is 7.11 Å². The van der Waals surface area contributed by atoms with E-state index in [9.17, 15) is 10.1 Å². The van der Waals surface area contributed by atoms with Gasteiger partial charge in [-0.05, 0) is 30.5 Å². The number of methoxy groups -OCH3 is 1. The van der Waals surface area contributed by atoms with E-state index in [-0.39, 0.29) is 12.3 Å². The van der Waals surface area contributed by atoms with Crippen LogP contribution >= 0.6 is 0 Å². The lowest BCUT2D eigenvalue weighted by molar-refractivity contribution is -0.121. The molecule has 1 aromatic carbocycles. The molecule has 1 rings (SSSR count). The van der Waals surface area contributed by atoms with Crippen LogP contribution in [0.15, 0.2) is 24.3 Å². The fourth-order valence-corrected chi connectivity index (χ4v) is 1.85. The fraction of sp³-hybridized carbons (Fsp3) is 0.467. The Kier molecular flexibility index (Phi) is 5.37. The molecule has 0 aliphatic carbocycles. The van der Waals surface area contributed by atoms with E-state index >= 15 is 0 Å². The molecule has 1 aromatic rings. The number of ether oxygens (including phenoxy) is 1. The maximum Gasteiger partial charge on any atom is 0.225 e. The highest BCUT2D eigenvalue weighted by Gasteiger charge is 2.27. The number of carbonyl (C=O) groups is 1. The summed E-state index contributed by atoms with van der Waals surface area (Å²) >= 11 is 0. The summed E-state index contributed by atoms with van der Waals surface area (Å²) in [6.45, 7) is 3.81. The fourth-order valence-electron chi connectivity index (χ4n) is 1.85. The number of nitriles is 1. The molecular weight excluding hydrogens is 240 g/mol. The van der Waals surface area contributed by atoms with E-state index in [1.54, 1.807) is 7.11 Å². The Morgan fingerprint density at radius 3 is 2.32 bits per heavy atom. The van der Waals surface area contributed by atoms with Gasteiger partial charge in [-0.25, -0.2) is 0 Å². The SMILES string of the molecule is CCC(C#N)(CC)NC(=O)Cc1ccc(OC)cc1. The van der Waals surface area contributed by atoms with Crippen molar-refractivity contribution in [3.8, 4) is 11.8 Å². The van der Waals surface area contributed by atoms with Crippen LogP contribution in [-0.2, 0) is 11.2 Å². The van der Waals surface area contributed by atoms with Crippen molar-refractivity contribution >= 4 is 5.91 Å². The van der Waals surface area contributed by atoms with Crippen molar-refractivity contribution in [2.24, 2.45) is 0 Å². The molecule has 0 fully saturated rings. The van der Waals surface area contributed by atoms with E-state index in [1.165, 1.54) is 0 Å². The predicted molar refractivity (Wildman–Crippen MR) is 73.8 cm³/mol. The first kappa shape index (κ1) is 15.0. The van der Waals surface area contributed by atoms with Crippen LogP contribution in [0.5, 0.6) is 5.75 Å². The Morgan fingerprint density at radius 2 is 1.89 bits per heavy atom. The van der Waals surface area contributed by atoms with Crippen molar-refractivity contribution in [3.05, 3.63) is 29.8 Å². The molecule has 4 nitrogen and oxygen atoms in total. The smallest absolute Gasteiger partial charge is 0.225 e. The minimum absolute atomic E-state index is 0.129. The lowest BCUT2D eigenvalue weighted by Gasteiger charge is -2.24. The summed E-state index contributed by atoms with van der Waals surface area (Å²) in [5.74, 6) is 0.632. The molecular formula is C15H20N2O2. The molecule has 1 amide bonds. The van der Waals surface area contributed by atoms with E-state index in [0.29, 0.717) is 12.8 Å². The van der Waals surface area contributed by atoms with Gasteiger partial charge in [0.15, 0.2) is 0 Å². The van der Waals surface area contributed by atoms with Gasteiger partial charge in [0.2, 0.25) is 5.91 Å². The quantitative estimate of drug-likeness (QED) is 0.854. The molecule has 0 saturated heterocycles. The van der Waals surface area contributed by atoms with Crippen LogP contribution in [0.3, 0.4) is 0 Å².